The van der Waals surface area contributed by atoms with Gasteiger partial charge < -0.3 is 14.8 Å². The monoisotopic (exact) mass is 485 g/mol. The summed E-state index contributed by atoms with van der Waals surface area (Å²) in [5.41, 5.74) is 2.26. The van der Waals surface area contributed by atoms with Gasteiger partial charge in [0.1, 0.15) is 11.5 Å². The molecule has 3 aromatic rings. The lowest BCUT2D eigenvalue weighted by Crippen LogP contribution is -2.30. The highest BCUT2D eigenvalue weighted by atomic mass is 35.5. The van der Waals surface area contributed by atoms with E-state index < -0.39 is 0 Å². The Morgan fingerprint density at radius 1 is 1.12 bits per heavy atom. The maximum atomic E-state index is 12.8. The summed E-state index contributed by atoms with van der Waals surface area (Å²) < 4.78 is 10.5. The number of benzene rings is 2. The summed E-state index contributed by atoms with van der Waals surface area (Å²) in [6.07, 6.45) is 2.22. The van der Waals surface area contributed by atoms with E-state index in [2.05, 4.69) is 15.6 Å². The fraction of sp³-hybridized carbons (Fsp3) is 0.292. The number of fused-ring (bicyclic) bond motifs is 1. The number of amides is 2. The third-order valence-electron chi connectivity index (χ3n) is 5.49. The Bertz CT molecular complexity index is 1140. The van der Waals surface area contributed by atoms with E-state index in [0.717, 1.165) is 35.4 Å². The molecule has 0 saturated heterocycles. The Balaban J connectivity index is 1.38. The first-order chi connectivity index (χ1) is 16.0. The lowest BCUT2D eigenvalue weighted by molar-refractivity contribution is -0.122. The summed E-state index contributed by atoms with van der Waals surface area (Å²) in [5.74, 6) is 0.393. The summed E-state index contributed by atoms with van der Waals surface area (Å²) >= 11 is 7.32. The van der Waals surface area contributed by atoms with Gasteiger partial charge >= 0.3 is 0 Å². The third kappa shape index (κ3) is 5.46. The second-order valence-electron chi connectivity index (χ2n) is 7.64. The van der Waals surface area contributed by atoms with Crippen LogP contribution in [0.2, 0.25) is 5.02 Å². The number of nitrogens with zero attached hydrogens (tertiary/aromatic N) is 1. The first-order valence-electron chi connectivity index (χ1n) is 10.5. The fourth-order valence-electron chi connectivity index (χ4n) is 3.75. The molecular formula is C24H24ClN3O4S. The molecule has 0 fully saturated rings. The van der Waals surface area contributed by atoms with E-state index in [1.807, 2.05) is 24.3 Å². The zero-order valence-corrected chi connectivity index (χ0v) is 19.9. The molecular weight excluding hydrogens is 462 g/mol. The largest absolute Gasteiger partial charge is 0.497 e. The zero-order chi connectivity index (χ0) is 23.4. The molecule has 1 unspecified atom stereocenters. The van der Waals surface area contributed by atoms with E-state index in [9.17, 15) is 9.59 Å². The van der Waals surface area contributed by atoms with E-state index in [1.165, 1.54) is 25.6 Å². The average molecular weight is 486 g/mol. The highest BCUT2D eigenvalue weighted by Crippen LogP contribution is 2.38. The van der Waals surface area contributed by atoms with Crippen LogP contribution in [0, 0.1) is 0 Å². The second kappa shape index (κ2) is 10.2. The molecule has 1 atom stereocenters. The highest BCUT2D eigenvalue weighted by Gasteiger charge is 2.32. The van der Waals surface area contributed by atoms with Crippen LogP contribution in [0.4, 0.5) is 5.13 Å². The molecule has 1 aliphatic rings. The van der Waals surface area contributed by atoms with Crippen LogP contribution in [0.5, 0.6) is 11.5 Å². The van der Waals surface area contributed by atoms with Gasteiger partial charge in [0.15, 0.2) is 5.13 Å². The first kappa shape index (κ1) is 23.1. The Kier molecular flexibility index (Phi) is 7.15. The number of aryl methyl sites for hydroxylation is 1. The molecule has 7 nitrogen and oxygen atoms in total. The van der Waals surface area contributed by atoms with Crippen molar-refractivity contribution in [1.29, 1.82) is 0 Å². The van der Waals surface area contributed by atoms with Crippen LogP contribution < -0.4 is 20.1 Å². The number of halogens is 1. The maximum Gasteiger partial charge on any atom is 0.257 e. The van der Waals surface area contributed by atoms with Gasteiger partial charge in [0, 0.05) is 28.1 Å². The molecule has 1 heterocycles. The van der Waals surface area contributed by atoms with Crippen molar-refractivity contribution in [2.45, 2.75) is 25.2 Å². The van der Waals surface area contributed by atoms with Crippen LogP contribution in [0.15, 0.2) is 42.5 Å². The Morgan fingerprint density at radius 2 is 1.82 bits per heavy atom. The normalized spacial score (nSPS) is 14.5. The van der Waals surface area contributed by atoms with Crippen molar-refractivity contribution in [3.63, 3.8) is 0 Å². The molecule has 2 aromatic carbocycles. The van der Waals surface area contributed by atoms with Crippen LogP contribution in [-0.2, 0) is 17.6 Å². The predicted molar refractivity (Wildman–Crippen MR) is 129 cm³/mol. The number of rotatable bonds is 8. The second-order valence-corrected chi connectivity index (χ2v) is 9.16. The van der Waals surface area contributed by atoms with Crippen LogP contribution in [-0.4, -0.2) is 37.6 Å². The summed E-state index contributed by atoms with van der Waals surface area (Å²) in [6.45, 7) is 0.539. The number of hydrogen-bond donors (Lipinski definition) is 2. The van der Waals surface area contributed by atoms with E-state index in [0.29, 0.717) is 33.8 Å². The van der Waals surface area contributed by atoms with Gasteiger partial charge in [-0.1, -0.05) is 23.7 Å². The van der Waals surface area contributed by atoms with Crippen LogP contribution in [0.25, 0.3) is 0 Å². The van der Waals surface area contributed by atoms with Gasteiger partial charge in [-0.05, 0) is 49.1 Å². The SMILES string of the molecule is COc1cc(OC)cc(C(=O)Nc2nc3c(s2)CCC3C(=O)NCCc2ccc(Cl)cc2)c1. The summed E-state index contributed by atoms with van der Waals surface area (Å²) in [7, 11) is 3.06. The molecule has 33 heavy (non-hydrogen) atoms. The quantitative estimate of drug-likeness (QED) is 0.492. The average Bonchev–Trinajstić information content (AvgIpc) is 3.40. The van der Waals surface area contributed by atoms with E-state index >= 15 is 0 Å². The lowest BCUT2D eigenvalue weighted by atomic mass is 10.1. The summed E-state index contributed by atoms with van der Waals surface area (Å²) in [5, 5.41) is 7.01. The van der Waals surface area contributed by atoms with Crippen molar-refractivity contribution >= 4 is 39.9 Å². The van der Waals surface area contributed by atoms with Crippen LogP contribution >= 0.6 is 22.9 Å². The van der Waals surface area contributed by atoms with E-state index in [1.54, 1.807) is 18.2 Å². The van der Waals surface area contributed by atoms with Gasteiger partial charge in [-0.2, -0.15) is 0 Å². The van der Waals surface area contributed by atoms with Crippen molar-refractivity contribution in [3.05, 3.63) is 69.2 Å². The molecule has 0 radical (unpaired) electrons. The molecule has 9 heteroatoms. The number of anilines is 1. The van der Waals surface area contributed by atoms with Crippen molar-refractivity contribution < 1.29 is 19.1 Å². The summed E-state index contributed by atoms with van der Waals surface area (Å²) in [4.78, 5) is 31.1. The van der Waals surface area contributed by atoms with Crippen molar-refractivity contribution in [3.8, 4) is 11.5 Å². The Morgan fingerprint density at radius 3 is 2.48 bits per heavy atom. The van der Waals surface area contributed by atoms with Gasteiger partial charge in [0.05, 0.1) is 25.8 Å². The van der Waals surface area contributed by atoms with Gasteiger partial charge in [-0.3, -0.25) is 14.9 Å². The topological polar surface area (TPSA) is 89.6 Å². The minimum absolute atomic E-state index is 0.0385. The Hall–Kier alpha value is -3.10. The van der Waals surface area contributed by atoms with Crippen molar-refractivity contribution in [2.75, 3.05) is 26.1 Å². The molecule has 0 saturated carbocycles. The number of methoxy groups -OCH3 is 2. The maximum absolute atomic E-state index is 12.8. The van der Waals surface area contributed by atoms with Crippen molar-refractivity contribution in [2.24, 2.45) is 0 Å². The molecule has 1 aliphatic carbocycles. The molecule has 2 amide bonds. The number of ether oxygens (including phenoxy) is 2. The molecule has 2 N–H and O–H groups in total. The number of carbonyl (C=O) groups excluding carboxylic acids is 2. The van der Waals surface area contributed by atoms with E-state index in [4.69, 9.17) is 21.1 Å². The number of thiazole rings is 1. The van der Waals surface area contributed by atoms with Gasteiger partial charge in [-0.25, -0.2) is 4.98 Å². The highest BCUT2D eigenvalue weighted by molar-refractivity contribution is 7.16. The summed E-state index contributed by atoms with van der Waals surface area (Å²) in [6, 6.07) is 12.6. The minimum atomic E-state index is -0.316. The molecule has 0 aliphatic heterocycles. The number of hydrogen-bond acceptors (Lipinski definition) is 6. The number of aromatic nitrogens is 1. The molecule has 0 bridgehead atoms. The fourth-order valence-corrected chi connectivity index (χ4v) is 4.91. The molecule has 1 aromatic heterocycles. The molecule has 4 rings (SSSR count). The van der Waals surface area contributed by atoms with Gasteiger partial charge in [0.25, 0.3) is 5.91 Å². The van der Waals surface area contributed by atoms with Gasteiger partial charge in [0.2, 0.25) is 5.91 Å². The first-order valence-corrected chi connectivity index (χ1v) is 11.7. The standard InChI is InChI=1S/C24H24ClN3O4S/c1-31-17-11-15(12-18(13-17)32-2)22(29)28-24-27-21-19(7-8-20(21)33-24)23(30)26-10-9-14-3-5-16(25)6-4-14/h3-6,11-13,19H,7-10H2,1-2H3,(H,26,30)(H,27,28,29). The van der Waals surface area contributed by atoms with Crippen molar-refractivity contribution in [1.82, 2.24) is 10.3 Å². The van der Waals surface area contributed by atoms with Crippen LogP contribution in [0.3, 0.4) is 0 Å². The minimum Gasteiger partial charge on any atom is -0.497 e. The number of nitrogens with one attached hydrogen (secondary N) is 2. The molecule has 0 spiro atoms. The lowest BCUT2D eigenvalue weighted by Gasteiger charge is -2.11. The number of carbonyl (C=O) groups is 2. The van der Waals surface area contributed by atoms with Crippen LogP contribution in [0.1, 0.15) is 38.8 Å². The smallest absolute Gasteiger partial charge is 0.257 e. The van der Waals surface area contributed by atoms with Gasteiger partial charge in [-0.15, -0.1) is 11.3 Å². The van der Waals surface area contributed by atoms with E-state index in [-0.39, 0.29) is 17.7 Å². The zero-order valence-electron chi connectivity index (χ0n) is 18.3. The Labute approximate surface area is 201 Å². The predicted octanol–water partition coefficient (Wildman–Crippen LogP) is 4.45. The molecule has 172 valence electrons. The third-order valence-corrected chi connectivity index (χ3v) is 6.79.